The Morgan fingerprint density at radius 3 is 2.50 bits per heavy atom. The van der Waals surface area contributed by atoms with Gasteiger partial charge in [-0.05, 0) is 22.5 Å². The van der Waals surface area contributed by atoms with Gasteiger partial charge in [0.15, 0.2) is 4.67 Å². The molecule has 20 heavy (non-hydrogen) atoms. The van der Waals surface area contributed by atoms with Crippen LogP contribution in [0.1, 0.15) is 12.7 Å². The van der Waals surface area contributed by atoms with Crippen LogP contribution in [-0.4, -0.2) is 32.4 Å². The summed E-state index contributed by atoms with van der Waals surface area (Å²) >= 11 is 3.16. The van der Waals surface area contributed by atoms with Crippen LogP contribution >= 0.6 is 15.9 Å². The van der Waals surface area contributed by atoms with Crippen molar-refractivity contribution in [2.45, 2.75) is 18.4 Å². The summed E-state index contributed by atoms with van der Waals surface area (Å²) in [5, 5.41) is 3.08. The molecule has 5 nitrogen and oxygen atoms in total. The fourth-order valence-electron chi connectivity index (χ4n) is 1.61. The van der Waals surface area contributed by atoms with Crippen molar-refractivity contribution in [1.82, 2.24) is 9.62 Å². The highest BCUT2D eigenvalue weighted by atomic mass is 79.9. The van der Waals surface area contributed by atoms with E-state index in [1.165, 1.54) is 22.5 Å². The van der Waals surface area contributed by atoms with Crippen molar-refractivity contribution in [2.24, 2.45) is 0 Å². The molecular weight excluding hydrogens is 344 g/mol. The van der Waals surface area contributed by atoms with Gasteiger partial charge in [0.25, 0.3) is 0 Å². The summed E-state index contributed by atoms with van der Waals surface area (Å²) in [4.78, 5) is 0.120. The van der Waals surface area contributed by atoms with E-state index in [0.717, 1.165) is 6.54 Å². The van der Waals surface area contributed by atoms with E-state index in [9.17, 15) is 8.42 Å². The smallest absolute Gasteiger partial charge is 0.248 e. The predicted molar refractivity (Wildman–Crippen MR) is 82.9 cm³/mol. The fourth-order valence-corrected chi connectivity index (χ4v) is 3.95. The Bertz CT molecular complexity index is 556. The van der Waals surface area contributed by atoms with Crippen LogP contribution in [-0.2, 0) is 16.6 Å². The lowest BCUT2D eigenvalue weighted by Crippen LogP contribution is -2.31. The first-order chi connectivity index (χ1) is 9.47. The van der Waals surface area contributed by atoms with Gasteiger partial charge in [-0.1, -0.05) is 19.1 Å². The average Bonchev–Trinajstić information content (AvgIpc) is 2.78. The van der Waals surface area contributed by atoms with E-state index in [1.54, 1.807) is 0 Å². The Balaban J connectivity index is 3.09. The zero-order valence-corrected chi connectivity index (χ0v) is 13.8. The van der Waals surface area contributed by atoms with E-state index >= 15 is 0 Å². The summed E-state index contributed by atoms with van der Waals surface area (Å²) in [6.07, 6.45) is 3.07. The van der Waals surface area contributed by atoms with E-state index in [1.807, 2.05) is 6.92 Å². The lowest BCUT2D eigenvalue weighted by Gasteiger charge is -2.17. The molecule has 0 aliphatic carbocycles. The Kier molecular flexibility index (Phi) is 6.67. The third-order valence-corrected chi connectivity index (χ3v) is 5.23. The van der Waals surface area contributed by atoms with Gasteiger partial charge in [-0.25, -0.2) is 8.42 Å². The van der Waals surface area contributed by atoms with Crippen LogP contribution in [0.5, 0.6) is 0 Å². The zero-order valence-electron chi connectivity index (χ0n) is 11.4. The van der Waals surface area contributed by atoms with E-state index in [4.69, 9.17) is 4.42 Å². The van der Waals surface area contributed by atoms with Crippen LogP contribution < -0.4 is 5.32 Å². The first-order valence-corrected chi connectivity index (χ1v) is 8.41. The van der Waals surface area contributed by atoms with Gasteiger partial charge in [-0.15, -0.1) is 13.2 Å². The molecule has 0 aliphatic rings. The molecule has 1 aromatic rings. The van der Waals surface area contributed by atoms with Crippen molar-refractivity contribution in [3.8, 4) is 0 Å². The maximum atomic E-state index is 12.5. The molecule has 1 heterocycles. The van der Waals surface area contributed by atoms with Gasteiger partial charge >= 0.3 is 0 Å². The van der Waals surface area contributed by atoms with Crippen LogP contribution in [0, 0.1) is 0 Å². The molecule has 0 fully saturated rings. The van der Waals surface area contributed by atoms with E-state index in [0.29, 0.717) is 12.3 Å². The summed E-state index contributed by atoms with van der Waals surface area (Å²) in [5.74, 6) is 0.564. The van der Waals surface area contributed by atoms with Gasteiger partial charge in [-0.2, -0.15) is 4.31 Å². The predicted octanol–water partition coefficient (Wildman–Crippen LogP) is 2.51. The standard InChI is InChI=1S/C13H19BrN2O3S/c1-4-7-16(8-5-2)20(17,18)12-9-11(10-15-6-3)19-13(12)14/h4-5,9,15H,1-2,6-8,10H2,3H3. The van der Waals surface area contributed by atoms with Gasteiger partial charge in [0.1, 0.15) is 10.7 Å². The van der Waals surface area contributed by atoms with Crippen molar-refractivity contribution in [3.05, 3.63) is 41.8 Å². The number of nitrogens with zero attached hydrogens (tertiary/aromatic N) is 1. The highest BCUT2D eigenvalue weighted by molar-refractivity contribution is 9.10. The molecule has 0 saturated carbocycles. The minimum absolute atomic E-state index is 0.120. The van der Waals surface area contributed by atoms with E-state index in [-0.39, 0.29) is 22.7 Å². The quantitative estimate of drug-likeness (QED) is 0.685. The van der Waals surface area contributed by atoms with Crippen LogP contribution in [0.2, 0.25) is 0 Å². The summed E-state index contributed by atoms with van der Waals surface area (Å²) in [7, 11) is -3.64. The minimum Gasteiger partial charge on any atom is -0.452 e. The number of halogens is 1. The molecule has 0 bridgehead atoms. The maximum absolute atomic E-state index is 12.5. The molecule has 0 radical (unpaired) electrons. The Labute approximate surface area is 128 Å². The molecular formula is C13H19BrN2O3S. The van der Waals surface area contributed by atoms with Gasteiger partial charge in [0.2, 0.25) is 10.0 Å². The molecule has 112 valence electrons. The normalized spacial score (nSPS) is 11.8. The zero-order chi connectivity index (χ0) is 15.2. The van der Waals surface area contributed by atoms with E-state index in [2.05, 4.69) is 34.4 Å². The lowest BCUT2D eigenvalue weighted by molar-refractivity contribution is 0.455. The highest BCUT2D eigenvalue weighted by Gasteiger charge is 2.28. The SMILES string of the molecule is C=CCN(CC=C)S(=O)(=O)c1cc(CNCC)oc1Br. The van der Waals surface area contributed by atoms with Crippen LogP contribution in [0.15, 0.2) is 45.4 Å². The molecule has 0 amide bonds. The number of rotatable bonds is 9. The second kappa shape index (κ2) is 7.78. The molecule has 0 saturated heterocycles. The van der Waals surface area contributed by atoms with Crippen LogP contribution in [0.25, 0.3) is 0 Å². The molecule has 1 N–H and O–H groups in total. The monoisotopic (exact) mass is 362 g/mol. The molecule has 0 atom stereocenters. The van der Waals surface area contributed by atoms with Gasteiger partial charge in [-0.3, -0.25) is 0 Å². The summed E-state index contributed by atoms with van der Waals surface area (Å²) in [5.41, 5.74) is 0. The maximum Gasteiger partial charge on any atom is 0.248 e. The van der Waals surface area contributed by atoms with Crippen molar-refractivity contribution in [3.63, 3.8) is 0 Å². The third kappa shape index (κ3) is 4.05. The molecule has 0 unspecified atom stereocenters. The molecule has 7 heteroatoms. The molecule has 0 aromatic carbocycles. The van der Waals surface area contributed by atoms with Gasteiger partial charge in [0.05, 0.1) is 6.54 Å². The largest absolute Gasteiger partial charge is 0.452 e. The third-order valence-electron chi connectivity index (χ3n) is 2.54. The number of furan rings is 1. The number of hydrogen-bond donors (Lipinski definition) is 1. The van der Waals surface area contributed by atoms with Gasteiger partial charge in [0, 0.05) is 19.2 Å². The number of hydrogen-bond acceptors (Lipinski definition) is 4. The minimum atomic E-state index is -3.64. The van der Waals surface area contributed by atoms with Gasteiger partial charge < -0.3 is 9.73 Å². The Morgan fingerprint density at radius 2 is 2.00 bits per heavy atom. The van der Waals surface area contributed by atoms with E-state index < -0.39 is 10.0 Å². The summed E-state index contributed by atoms with van der Waals surface area (Å²) in [6, 6.07) is 1.53. The lowest BCUT2D eigenvalue weighted by atomic mass is 10.4. The highest BCUT2D eigenvalue weighted by Crippen LogP contribution is 2.28. The second-order valence-electron chi connectivity index (χ2n) is 4.03. The first kappa shape index (κ1) is 17.2. The topological polar surface area (TPSA) is 62.6 Å². The van der Waals surface area contributed by atoms with Crippen molar-refractivity contribution < 1.29 is 12.8 Å². The van der Waals surface area contributed by atoms with Crippen molar-refractivity contribution in [1.29, 1.82) is 0 Å². The summed E-state index contributed by atoms with van der Waals surface area (Å²) < 4.78 is 32.0. The van der Waals surface area contributed by atoms with Crippen molar-refractivity contribution in [2.75, 3.05) is 19.6 Å². The summed E-state index contributed by atoms with van der Waals surface area (Å²) in [6.45, 7) is 10.8. The van der Waals surface area contributed by atoms with Crippen LogP contribution in [0.4, 0.5) is 0 Å². The number of sulfonamides is 1. The molecule has 0 spiro atoms. The molecule has 1 rings (SSSR count). The Hall–Kier alpha value is -0.890. The van der Waals surface area contributed by atoms with Crippen molar-refractivity contribution >= 4 is 26.0 Å². The first-order valence-electron chi connectivity index (χ1n) is 6.18. The fraction of sp³-hybridized carbons (Fsp3) is 0.385. The molecule has 0 aliphatic heterocycles. The number of nitrogens with one attached hydrogen (secondary N) is 1. The molecule has 1 aromatic heterocycles. The Morgan fingerprint density at radius 1 is 1.40 bits per heavy atom. The second-order valence-corrected chi connectivity index (χ2v) is 6.66. The van der Waals surface area contributed by atoms with Crippen LogP contribution in [0.3, 0.4) is 0 Å². The average molecular weight is 363 g/mol.